The number of carbonyl (C=O) groups excluding carboxylic acids is 1. The van der Waals surface area contributed by atoms with Gasteiger partial charge in [0.15, 0.2) is 11.0 Å². The summed E-state index contributed by atoms with van der Waals surface area (Å²) in [5, 5.41) is 13.0. The Bertz CT molecular complexity index is 996. The summed E-state index contributed by atoms with van der Waals surface area (Å²) in [4.78, 5) is 13.1. The Balaban J connectivity index is 1.20. The van der Waals surface area contributed by atoms with Crippen LogP contribution < -0.4 is 5.32 Å². The molecule has 7 heteroatoms. The van der Waals surface area contributed by atoms with E-state index in [1.807, 2.05) is 6.07 Å². The second-order valence-corrected chi connectivity index (χ2v) is 11.9. The number of rotatable bonds is 6. The second-order valence-electron chi connectivity index (χ2n) is 11.0. The number of hydrogen-bond donors (Lipinski definition) is 1. The van der Waals surface area contributed by atoms with Crippen LogP contribution in [0.25, 0.3) is 11.4 Å². The maximum absolute atomic E-state index is 14.6. The molecule has 33 heavy (non-hydrogen) atoms. The molecule has 0 atom stereocenters. The van der Waals surface area contributed by atoms with E-state index in [1.54, 1.807) is 12.1 Å². The number of aromatic nitrogens is 3. The van der Waals surface area contributed by atoms with Crippen molar-refractivity contribution in [1.82, 2.24) is 20.1 Å². The van der Waals surface area contributed by atoms with Crippen molar-refractivity contribution >= 4 is 17.7 Å². The van der Waals surface area contributed by atoms with Gasteiger partial charge in [0.2, 0.25) is 5.91 Å². The lowest BCUT2D eigenvalue weighted by Gasteiger charge is -2.56. The van der Waals surface area contributed by atoms with Crippen LogP contribution in [0, 0.1) is 23.6 Å². The van der Waals surface area contributed by atoms with Crippen LogP contribution >= 0.6 is 11.8 Å². The van der Waals surface area contributed by atoms with Gasteiger partial charge in [-0.3, -0.25) is 9.36 Å². The minimum Gasteiger partial charge on any atom is -0.350 e. The molecule has 0 unspecified atom stereocenters. The van der Waals surface area contributed by atoms with Crippen molar-refractivity contribution in [2.24, 2.45) is 17.8 Å². The molecule has 1 aromatic heterocycles. The highest BCUT2D eigenvalue weighted by Gasteiger charge is 2.51. The van der Waals surface area contributed by atoms with E-state index < -0.39 is 0 Å². The van der Waals surface area contributed by atoms with Gasteiger partial charge in [0.1, 0.15) is 5.82 Å². The molecule has 0 aliphatic heterocycles. The molecule has 1 heterocycles. The molecular weight excluding hydrogens is 435 g/mol. The Morgan fingerprint density at radius 1 is 1.03 bits per heavy atom. The van der Waals surface area contributed by atoms with Crippen molar-refractivity contribution in [1.29, 1.82) is 0 Å². The molecule has 1 N–H and O–H groups in total. The van der Waals surface area contributed by atoms with Gasteiger partial charge in [0.25, 0.3) is 0 Å². The number of nitrogens with one attached hydrogen (secondary N) is 1. The minimum absolute atomic E-state index is 0.0295. The molecule has 2 aromatic rings. The molecule has 5 aliphatic carbocycles. The van der Waals surface area contributed by atoms with Gasteiger partial charge in [-0.15, -0.1) is 10.2 Å². The first-order chi connectivity index (χ1) is 16.1. The molecular formula is C26H33FN4OS. The molecule has 1 amide bonds. The van der Waals surface area contributed by atoms with Gasteiger partial charge in [-0.05, 0) is 81.3 Å². The van der Waals surface area contributed by atoms with Crippen LogP contribution in [-0.4, -0.2) is 32.0 Å². The fourth-order valence-corrected chi connectivity index (χ4v) is 8.40. The van der Waals surface area contributed by atoms with Crippen molar-refractivity contribution in [3.05, 3.63) is 30.1 Å². The normalized spacial score (nSPS) is 31.1. The smallest absolute Gasteiger partial charge is 0.230 e. The Labute approximate surface area is 199 Å². The van der Waals surface area contributed by atoms with E-state index in [2.05, 4.69) is 20.1 Å². The highest BCUT2D eigenvalue weighted by atomic mass is 32.2. The summed E-state index contributed by atoms with van der Waals surface area (Å²) in [5.41, 5.74) is 0.516. The van der Waals surface area contributed by atoms with Crippen LogP contribution in [0.3, 0.4) is 0 Å². The van der Waals surface area contributed by atoms with Gasteiger partial charge in [0, 0.05) is 11.6 Å². The molecule has 0 saturated heterocycles. The Morgan fingerprint density at radius 3 is 2.36 bits per heavy atom. The predicted octanol–water partition coefficient (Wildman–Crippen LogP) is 5.77. The lowest BCUT2D eigenvalue weighted by atomic mass is 9.53. The number of carbonyl (C=O) groups is 1. The van der Waals surface area contributed by atoms with E-state index in [0.717, 1.165) is 67.9 Å². The zero-order valence-corrected chi connectivity index (χ0v) is 20.0. The van der Waals surface area contributed by atoms with Crippen molar-refractivity contribution in [2.75, 3.05) is 5.75 Å². The van der Waals surface area contributed by atoms with Gasteiger partial charge in [0.05, 0.1) is 11.3 Å². The van der Waals surface area contributed by atoms with Gasteiger partial charge in [-0.2, -0.15) is 0 Å². The number of hydrogen-bond acceptors (Lipinski definition) is 4. The van der Waals surface area contributed by atoms with Gasteiger partial charge in [-0.1, -0.05) is 43.2 Å². The molecule has 0 spiro atoms. The standard InChI is InChI=1S/C26H33FN4OS/c27-22-9-5-4-8-21(22)24-29-30-25(31(24)20-6-2-1-3-7-20)33-16-23(32)28-26-13-17-10-18(14-26)12-19(11-17)15-26/h4-5,8-9,17-20H,1-3,6-7,10-16H2,(H,28,32). The third kappa shape index (κ3) is 4.22. The first kappa shape index (κ1) is 21.6. The van der Waals surface area contributed by atoms with E-state index in [0.29, 0.717) is 17.1 Å². The average molecular weight is 469 g/mol. The number of benzene rings is 1. The molecule has 1 aromatic carbocycles. The molecule has 5 nitrogen and oxygen atoms in total. The average Bonchev–Trinajstić information content (AvgIpc) is 3.21. The van der Waals surface area contributed by atoms with Crippen molar-refractivity contribution in [3.8, 4) is 11.4 Å². The maximum atomic E-state index is 14.6. The number of thioether (sulfide) groups is 1. The van der Waals surface area contributed by atoms with E-state index in [4.69, 9.17) is 0 Å². The van der Waals surface area contributed by atoms with Crippen LogP contribution in [-0.2, 0) is 4.79 Å². The predicted molar refractivity (Wildman–Crippen MR) is 127 cm³/mol. The lowest BCUT2D eigenvalue weighted by molar-refractivity contribution is -0.124. The van der Waals surface area contributed by atoms with E-state index in [-0.39, 0.29) is 23.3 Å². The summed E-state index contributed by atoms with van der Waals surface area (Å²) < 4.78 is 16.7. The SMILES string of the molecule is O=C(CSc1nnc(-c2ccccc2F)n1C1CCCCC1)NC12CC3CC(CC(C3)C1)C2. The van der Waals surface area contributed by atoms with Crippen LogP contribution in [0.2, 0.25) is 0 Å². The van der Waals surface area contributed by atoms with Gasteiger partial charge < -0.3 is 5.32 Å². The largest absolute Gasteiger partial charge is 0.350 e. The quantitative estimate of drug-likeness (QED) is 0.547. The molecule has 7 rings (SSSR count). The van der Waals surface area contributed by atoms with Crippen LogP contribution in [0.4, 0.5) is 4.39 Å². The summed E-state index contributed by atoms with van der Waals surface area (Å²) in [6.07, 6.45) is 13.2. The van der Waals surface area contributed by atoms with Crippen molar-refractivity contribution in [3.63, 3.8) is 0 Å². The summed E-state index contributed by atoms with van der Waals surface area (Å²) in [6.45, 7) is 0. The molecule has 176 valence electrons. The Kier molecular flexibility index (Phi) is 5.71. The van der Waals surface area contributed by atoms with Crippen LogP contribution in [0.15, 0.2) is 29.4 Å². The van der Waals surface area contributed by atoms with Crippen LogP contribution in [0.5, 0.6) is 0 Å². The fraction of sp³-hybridized carbons (Fsp3) is 0.654. The summed E-state index contributed by atoms with van der Waals surface area (Å²) in [5.74, 6) is 3.17. The first-order valence-electron chi connectivity index (χ1n) is 12.7. The van der Waals surface area contributed by atoms with Crippen molar-refractivity contribution in [2.45, 2.75) is 87.4 Å². The third-order valence-corrected chi connectivity index (χ3v) is 9.44. The second kappa shape index (κ2) is 8.71. The molecule has 0 radical (unpaired) electrons. The monoisotopic (exact) mass is 468 g/mol. The van der Waals surface area contributed by atoms with E-state index in [1.165, 1.54) is 43.5 Å². The van der Waals surface area contributed by atoms with Crippen molar-refractivity contribution < 1.29 is 9.18 Å². The Morgan fingerprint density at radius 2 is 1.70 bits per heavy atom. The Hall–Kier alpha value is -1.89. The molecule has 5 fully saturated rings. The highest BCUT2D eigenvalue weighted by molar-refractivity contribution is 7.99. The summed E-state index contributed by atoms with van der Waals surface area (Å²) in [7, 11) is 0. The maximum Gasteiger partial charge on any atom is 0.230 e. The zero-order valence-electron chi connectivity index (χ0n) is 19.1. The lowest BCUT2D eigenvalue weighted by Crippen LogP contribution is -2.60. The molecule has 5 aliphatic rings. The topological polar surface area (TPSA) is 59.8 Å². The summed E-state index contributed by atoms with van der Waals surface area (Å²) in [6, 6.07) is 7.04. The summed E-state index contributed by atoms with van der Waals surface area (Å²) >= 11 is 1.45. The zero-order chi connectivity index (χ0) is 22.4. The number of amides is 1. The van der Waals surface area contributed by atoms with Gasteiger partial charge >= 0.3 is 0 Å². The highest BCUT2D eigenvalue weighted by Crippen LogP contribution is 2.55. The van der Waals surface area contributed by atoms with Gasteiger partial charge in [-0.25, -0.2) is 4.39 Å². The molecule has 5 saturated carbocycles. The number of halogens is 1. The first-order valence-corrected chi connectivity index (χ1v) is 13.7. The van der Waals surface area contributed by atoms with Crippen LogP contribution in [0.1, 0.15) is 76.7 Å². The molecule has 4 bridgehead atoms. The van der Waals surface area contributed by atoms with E-state index in [9.17, 15) is 9.18 Å². The van der Waals surface area contributed by atoms with E-state index >= 15 is 0 Å². The third-order valence-electron chi connectivity index (χ3n) is 8.49. The fourth-order valence-electron chi connectivity index (χ4n) is 7.60. The number of nitrogens with zero attached hydrogens (tertiary/aromatic N) is 3. The minimum atomic E-state index is -0.280.